The van der Waals surface area contributed by atoms with E-state index in [1.54, 1.807) is 24.3 Å². The van der Waals surface area contributed by atoms with Gasteiger partial charge in [0.2, 0.25) is 0 Å². The summed E-state index contributed by atoms with van der Waals surface area (Å²) in [5.41, 5.74) is 10.0. The lowest BCUT2D eigenvalue weighted by Gasteiger charge is -2.28. The normalized spacial score (nSPS) is 14.9. The maximum Gasteiger partial charge on any atom is 0.124 e. The van der Waals surface area contributed by atoms with Crippen LogP contribution in [0.4, 0.5) is 11.4 Å². The van der Waals surface area contributed by atoms with Crippen LogP contribution in [-0.4, -0.2) is 40.3 Å². The van der Waals surface area contributed by atoms with E-state index in [0.717, 1.165) is 36.0 Å². The van der Waals surface area contributed by atoms with Gasteiger partial charge in [-0.2, -0.15) is 11.8 Å². The fourth-order valence-corrected chi connectivity index (χ4v) is 5.25. The third kappa shape index (κ3) is 5.84. The number of nitrogens with one attached hydrogen (secondary N) is 1. The third-order valence-corrected chi connectivity index (χ3v) is 7.04. The Balaban J connectivity index is 1.46. The van der Waals surface area contributed by atoms with Crippen molar-refractivity contribution in [3.05, 3.63) is 81.9 Å². The summed E-state index contributed by atoms with van der Waals surface area (Å²) < 4.78 is 6.05. The number of allylic oxidation sites excluding steroid dienone is 1. The second-order valence-corrected chi connectivity index (χ2v) is 9.85. The quantitative estimate of drug-likeness (QED) is 0.291. The number of nitrogens with two attached hydrogens (primary N) is 1. The molecule has 1 atom stereocenters. The Morgan fingerprint density at radius 2 is 1.88 bits per heavy atom. The van der Waals surface area contributed by atoms with Crippen LogP contribution in [0.2, 0.25) is 10.0 Å². The molecule has 6 nitrogen and oxygen atoms in total. The van der Waals surface area contributed by atoms with Crippen molar-refractivity contribution in [2.45, 2.75) is 13.0 Å². The number of hydrogen-bond donors (Lipinski definition) is 2. The van der Waals surface area contributed by atoms with Crippen LogP contribution in [0.1, 0.15) is 29.8 Å². The zero-order valence-electron chi connectivity index (χ0n) is 18.7. The summed E-state index contributed by atoms with van der Waals surface area (Å²) in [6.45, 7) is 3.94. The van der Waals surface area contributed by atoms with Gasteiger partial charge in [-0.3, -0.25) is 9.97 Å². The summed E-state index contributed by atoms with van der Waals surface area (Å²) in [4.78, 5) is 10.9. The van der Waals surface area contributed by atoms with Crippen molar-refractivity contribution in [3.63, 3.8) is 0 Å². The number of rotatable bonds is 7. The molecule has 0 radical (unpaired) electrons. The topological polar surface area (TPSA) is 88.1 Å². The number of halogens is 2. The van der Waals surface area contributed by atoms with Gasteiger partial charge in [0.25, 0.3) is 0 Å². The largest absolute Gasteiger partial charge is 0.486 e. The lowest BCUT2D eigenvalue weighted by molar-refractivity contribution is 0.227. The maximum absolute atomic E-state index is 8.52. The zero-order valence-corrected chi connectivity index (χ0v) is 21.0. The lowest BCUT2D eigenvalue weighted by Crippen LogP contribution is -2.32. The molecule has 0 bridgehead atoms. The molecule has 34 heavy (non-hydrogen) atoms. The molecule has 176 valence electrons. The number of anilines is 2. The molecule has 0 aliphatic carbocycles. The van der Waals surface area contributed by atoms with E-state index < -0.39 is 6.10 Å². The fraction of sp³-hybridized carbons (Fsp3) is 0.240. The minimum absolute atomic E-state index is 0.259. The summed E-state index contributed by atoms with van der Waals surface area (Å²) in [6.07, 6.45) is 8.04. The highest BCUT2D eigenvalue weighted by Crippen LogP contribution is 2.33. The first kappa shape index (κ1) is 24.4. The van der Waals surface area contributed by atoms with E-state index >= 15 is 0 Å². The first-order valence-corrected chi connectivity index (χ1v) is 12.7. The van der Waals surface area contributed by atoms with Crippen LogP contribution in [0, 0.1) is 5.41 Å². The molecule has 1 fully saturated rings. The van der Waals surface area contributed by atoms with Crippen LogP contribution < -0.4 is 15.4 Å². The number of pyridine rings is 2. The second-order valence-electron chi connectivity index (χ2n) is 7.81. The number of benzene rings is 1. The summed E-state index contributed by atoms with van der Waals surface area (Å²) in [7, 11) is 0. The van der Waals surface area contributed by atoms with Crippen LogP contribution in [0.5, 0.6) is 5.75 Å². The first-order chi connectivity index (χ1) is 16.4. The predicted octanol–water partition coefficient (Wildman–Crippen LogP) is 6.14. The Kier molecular flexibility index (Phi) is 7.98. The molecule has 3 N–H and O–H groups in total. The molecule has 1 aromatic carbocycles. The van der Waals surface area contributed by atoms with E-state index in [1.165, 1.54) is 12.4 Å². The predicted molar refractivity (Wildman–Crippen MR) is 144 cm³/mol. The van der Waals surface area contributed by atoms with Gasteiger partial charge in [-0.25, -0.2) is 0 Å². The van der Waals surface area contributed by atoms with Gasteiger partial charge < -0.3 is 20.8 Å². The van der Waals surface area contributed by atoms with Crippen molar-refractivity contribution >= 4 is 58.1 Å². The first-order valence-electron chi connectivity index (χ1n) is 10.8. The summed E-state index contributed by atoms with van der Waals surface area (Å²) in [5, 5.41) is 9.39. The van der Waals surface area contributed by atoms with Gasteiger partial charge in [-0.15, -0.1) is 0 Å². The SMILES string of the molecule is CC(Oc1ccc(N)c(C(=N)/C=C/c2ccc(N3CCSCC3)cn2)c1)c1c(Cl)cncc1Cl. The number of thioether (sulfide) groups is 1. The van der Waals surface area contributed by atoms with Gasteiger partial charge in [0.05, 0.1) is 33.3 Å². The Hall–Kier alpha value is -2.74. The highest BCUT2D eigenvalue weighted by atomic mass is 35.5. The van der Waals surface area contributed by atoms with Crippen LogP contribution >= 0.6 is 35.0 Å². The molecule has 1 aliphatic rings. The van der Waals surface area contributed by atoms with Crippen molar-refractivity contribution in [3.8, 4) is 5.75 Å². The number of aromatic nitrogens is 2. The summed E-state index contributed by atoms with van der Waals surface area (Å²) in [5.74, 6) is 2.84. The molecule has 4 rings (SSSR count). The van der Waals surface area contributed by atoms with E-state index in [9.17, 15) is 0 Å². The monoisotopic (exact) mass is 513 g/mol. The molecular weight excluding hydrogens is 489 g/mol. The van der Waals surface area contributed by atoms with Crippen LogP contribution in [0.3, 0.4) is 0 Å². The third-order valence-electron chi connectivity index (χ3n) is 5.49. The average molecular weight is 514 g/mol. The number of nitrogen functional groups attached to an aromatic ring is 1. The van der Waals surface area contributed by atoms with Crippen molar-refractivity contribution in [1.82, 2.24) is 9.97 Å². The zero-order chi connectivity index (χ0) is 24.1. The molecular formula is C25H25Cl2N5OS. The highest BCUT2D eigenvalue weighted by Gasteiger charge is 2.17. The van der Waals surface area contributed by atoms with Gasteiger partial charge in [0.15, 0.2) is 0 Å². The van der Waals surface area contributed by atoms with E-state index in [4.69, 9.17) is 39.1 Å². The van der Waals surface area contributed by atoms with E-state index in [0.29, 0.717) is 32.6 Å². The molecule has 9 heteroatoms. The minimum atomic E-state index is -0.412. The Bertz CT molecular complexity index is 1180. The summed E-state index contributed by atoms with van der Waals surface area (Å²) >= 11 is 14.5. The average Bonchev–Trinajstić information content (AvgIpc) is 2.84. The standard InChI is InChI=1S/C25H25Cl2N5OS/c1-16(25-21(26)14-30-15-22(25)27)33-19-5-7-24(29)20(12-19)23(28)6-3-17-2-4-18(13-31-17)32-8-10-34-11-9-32/h2-7,12-16,28H,8-11,29H2,1H3/b6-3+,28-23?. The molecule has 3 aromatic rings. The van der Waals surface area contributed by atoms with Crippen LogP contribution in [0.15, 0.2) is 55.0 Å². The van der Waals surface area contributed by atoms with Gasteiger partial charge in [-0.1, -0.05) is 23.2 Å². The molecule has 1 saturated heterocycles. The molecule has 3 heterocycles. The van der Waals surface area contributed by atoms with Crippen molar-refractivity contribution in [2.24, 2.45) is 0 Å². The molecule has 1 unspecified atom stereocenters. The fourth-order valence-electron chi connectivity index (χ4n) is 3.68. The van der Waals surface area contributed by atoms with Gasteiger partial charge in [0.1, 0.15) is 11.9 Å². The highest BCUT2D eigenvalue weighted by molar-refractivity contribution is 7.99. The van der Waals surface area contributed by atoms with Crippen molar-refractivity contribution < 1.29 is 4.74 Å². The van der Waals surface area contributed by atoms with Crippen molar-refractivity contribution in [1.29, 1.82) is 5.41 Å². The molecule has 2 aromatic heterocycles. The number of nitrogens with zero attached hydrogens (tertiary/aromatic N) is 3. The second kappa shape index (κ2) is 11.1. The number of ether oxygens (including phenoxy) is 1. The van der Waals surface area contributed by atoms with Crippen molar-refractivity contribution in [2.75, 3.05) is 35.2 Å². The van der Waals surface area contributed by atoms with Crippen LogP contribution in [-0.2, 0) is 0 Å². The molecule has 0 saturated carbocycles. The van der Waals surface area contributed by atoms with E-state index in [-0.39, 0.29) is 5.71 Å². The van der Waals surface area contributed by atoms with Gasteiger partial charge in [0, 0.05) is 53.8 Å². The number of hydrogen-bond acceptors (Lipinski definition) is 7. The van der Waals surface area contributed by atoms with Gasteiger partial charge in [-0.05, 0) is 49.4 Å². The molecule has 1 aliphatic heterocycles. The Morgan fingerprint density at radius 1 is 1.15 bits per heavy atom. The van der Waals surface area contributed by atoms with E-state index in [1.807, 2.05) is 37.0 Å². The smallest absolute Gasteiger partial charge is 0.124 e. The Morgan fingerprint density at radius 3 is 2.56 bits per heavy atom. The van der Waals surface area contributed by atoms with Crippen LogP contribution in [0.25, 0.3) is 6.08 Å². The Labute approximate surface area is 213 Å². The molecule has 0 spiro atoms. The maximum atomic E-state index is 8.52. The molecule has 0 amide bonds. The summed E-state index contributed by atoms with van der Waals surface area (Å²) in [6, 6.07) is 9.26. The minimum Gasteiger partial charge on any atom is -0.486 e. The van der Waals surface area contributed by atoms with Gasteiger partial charge >= 0.3 is 0 Å². The van der Waals surface area contributed by atoms with E-state index in [2.05, 4.69) is 20.9 Å². The lowest BCUT2D eigenvalue weighted by atomic mass is 10.1.